The Kier molecular flexibility index (Phi) is 5.88. The second-order valence-corrected chi connectivity index (χ2v) is 7.19. The summed E-state index contributed by atoms with van der Waals surface area (Å²) in [6.45, 7) is 3.29. The maximum atomic E-state index is 12.8. The SMILES string of the molecule is CCOC(=O)C1CCN(C(=O)c2ccc(-c3nc(-c4ccccc4)no3)cc2)CC1. The van der Waals surface area contributed by atoms with Gasteiger partial charge < -0.3 is 14.2 Å². The molecule has 7 nitrogen and oxygen atoms in total. The van der Waals surface area contributed by atoms with Gasteiger partial charge in [0.15, 0.2) is 0 Å². The van der Waals surface area contributed by atoms with E-state index in [1.807, 2.05) is 30.3 Å². The molecule has 0 radical (unpaired) electrons. The van der Waals surface area contributed by atoms with Crippen molar-refractivity contribution in [3.05, 3.63) is 60.2 Å². The lowest BCUT2D eigenvalue weighted by Crippen LogP contribution is -2.40. The van der Waals surface area contributed by atoms with Gasteiger partial charge in [0, 0.05) is 29.8 Å². The van der Waals surface area contributed by atoms with Crippen molar-refractivity contribution in [1.82, 2.24) is 15.0 Å². The van der Waals surface area contributed by atoms with E-state index in [0.717, 1.165) is 11.1 Å². The normalized spacial score (nSPS) is 14.5. The molecule has 30 heavy (non-hydrogen) atoms. The quantitative estimate of drug-likeness (QED) is 0.600. The van der Waals surface area contributed by atoms with Crippen molar-refractivity contribution in [2.45, 2.75) is 19.8 Å². The Balaban J connectivity index is 1.40. The topological polar surface area (TPSA) is 85.5 Å². The molecule has 3 aromatic rings. The second kappa shape index (κ2) is 8.90. The van der Waals surface area contributed by atoms with Crippen LogP contribution in [0.15, 0.2) is 59.1 Å². The van der Waals surface area contributed by atoms with E-state index in [2.05, 4.69) is 10.1 Å². The highest BCUT2D eigenvalue weighted by Gasteiger charge is 2.28. The first-order valence-corrected chi connectivity index (χ1v) is 10.1. The minimum atomic E-state index is -0.164. The van der Waals surface area contributed by atoms with Crippen LogP contribution in [0.2, 0.25) is 0 Å². The minimum Gasteiger partial charge on any atom is -0.466 e. The summed E-state index contributed by atoms with van der Waals surface area (Å²) >= 11 is 0. The van der Waals surface area contributed by atoms with Crippen LogP contribution in [0.5, 0.6) is 0 Å². The molecule has 0 atom stereocenters. The lowest BCUT2D eigenvalue weighted by atomic mass is 9.96. The lowest BCUT2D eigenvalue weighted by Gasteiger charge is -2.31. The van der Waals surface area contributed by atoms with E-state index in [-0.39, 0.29) is 17.8 Å². The molecule has 0 bridgehead atoms. The van der Waals surface area contributed by atoms with Gasteiger partial charge in [0.1, 0.15) is 0 Å². The van der Waals surface area contributed by atoms with Gasteiger partial charge in [-0.2, -0.15) is 4.98 Å². The molecule has 2 aromatic carbocycles. The first kappa shape index (κ1) is 19.8. The molecule has 1 saturated heterocycles. The molecule has 1 aliphatic rings. The number of aromatic nitrogens is 2. The molecule has 0 N–H and O–H groups in total. The molecule has 154 valence electrons. The van der Waals surface area contributed by atoms with Crippen molar-refractivity contribution in [3.63, 3.8) is 0 Å². The Morgan fingerprint density at radius 3 is 2.40 bits per heavy atom. The Bertz CT molecular complexity index is 1010. The minimum absolute atomic E-state index is 0.0423. The van der Waals surface area contributed by atoms with Gasteiger partial charge >= 0.3 is 5.97 Å². The highest BCUT2D eigenvalue weighted by Crippen LogP contribution is 2.24. The summed E-state index contributed by atoms with van der Waals surface area (Å²) in [4.78, 5) is 30.9. The van der Waals surface area contributed by atoms with Crippen LogP contribution in [0.3, 0.4) is 0 Å². The van der Waals surface area contributed by atoms with Crippen molar-refractivity contribution in [2.75, 3.05) is 19.7 Å². The molecule has 2 heterocycles. The summed E-state index contributed by atoms with van der Waals surface area (Å²) in [5, 5.41) is 4.03. The maximum absolute atomic E-state index is 12.8. The van der Waals surface area contributed by atoms with Crippen LogP contribution in [0.25, 0.3) is 22.8 Å². The van der Waals surface area contributed by atoms with Crippen LogP contribution in [0.1, 0.15) is 30.1 Å². The van der Waals surface area contributed by atoms with E-state index < -0.39 is 0 Å². The molecular formula is C23H23N3O4. The Hall–Kier alpha value is -3.48. The van der Waals surface area contributed by atoms with E-state index >= 15 is 0 Å². The Morgan fingerprint density at radius 1 is 1.03 bits per heavy atom. The number of piperidine rings is 1. The molecule has 1 fully saturated rings. The molecule has 4 rings (SSSR count). The molecule has 0 saturated carbocycles. The fourth-order valence-corrected chi connectivity index (χ4v) is 3.56. The number of esters is 1. The molecule has 0 aliphatic carbocycles. The zero-order valence-corrected chi connectivity index (χ0v) is 16.8. The number of rotatable bonds is 5. The number of hydrogen-bond acceptors (Lipinski definition) is 6. The first-order valence-electron chi connectivity index (χ1n) is 10.1. The highest BCUT2D eigenvalue weighted by atomic mass is 16.5. The van der Waals surface area contributed by atoms with E-state index in [4.69, 9.17) is 9.26 Å². The van der Waals surface area contributed by atoms with E-state index in [1.54, 1.807) is 36.1 Å². The monoisotopic (exact) mass is 405 g/mol. The molecule has 1 aromatic heterocycles. The fraction of sp³-hybridized carbons (Fsp3) is 0.304. The first-order chi connectivity index (χ1) is 14.7. The zero-order chi connectivity index (χ0) is 20.9. The average Bonchev–Trinajstić information content (AvgIpc) is 3.30. The fourth-order valence-electron chi connectivity index (χ4n) is 3.56. The Labute approximate surface area is 174 Å². The zero-order valence-electron chi connectivity index (χ0n) is 16.8. The van der Waals surface area contributed by atoms with E-state index in [1.165, 1.54) is 0 Å². The van der Waals surface area contributed by atoms with Crippen LogP contribution in [-0.2, 0) is 9.53 Å². The predicted molar refractivity (Wildman–Crippen MR) is 110 cm³/mol. The summed E-state index contributed by atoms with van der Waals surface area (Å²) in [6.07, 6.45) is 1.26. The van der Waals surface area contributed by atoms with Crippen LogP contribution < -0.4 is 0 Å². The van der Waals surface area contributed by atoms with Crippen molar-refractivity contribution >= 4 is 11.9 Å². The number of benzene rings is 2. The third-order valence-electron chi connectivity index (χ3n) is 5.24. The van der Waals surface area contributed by atoms with Gasteiger partial charge in [0.05, 0.1) is 12.5 Å². The lowest BCUT2D eigenvalue weighted by molar-refractivity contribution is -0.149. The van der Waals surface area contributed by atoms with Gasteiger partial charge in [-0.25, -0.2) is 0 Å². The van der Waals surface area contributed by atoms with Gasteiger partial charge in [0.2, 0.25) is 5.82 Å². The average molecular weight is 405 g/mol. The number of hydrogen-bond donors (Lipinski definition) is 0. The molecule has 0 spiro atoms. The molecule has 1 aliphatic heterocycles. The van der Waals surface area contributed by atoms with Crippen LogP contribution >= 0.6 is 0 Å². The van der Waals surface area contributed by atoms with Gasteiger partial charge in [-0.3, -0.25) is 9.59 Å². The highest BCUT2D eigenvalue weighted by molar-refractivity contribution is 5.94. The number of ether oxygens (including phenoxy) is 1. The third kappa shape index (κ3) is 4.25. The number of nitrogens with zero attached hydrogens (tertiary/aromatic N) is 3. The number of likely N-dealkylation sites (tertiary alicyclic amines) is 1. The molecular weight excluding hydrogens is 382 g/mol. The molecule has 1 amide bonds. The van der Waals surface area contributed by atoms with Crippen molar-refractivity contribution in [2.24, 2.45) is 5.92 Å². The molecule has 7 heteroatoms. The smallest absolute Gasteiger partial charge is 0.309 e. The van der Waals surface area contributed by atoms with Crippen molar-refractivity contribution in [3.8, 4) is 22.8 Å². The Morgan fingerprint density at radius 2 is 1.73 bits per heavy atom. The van der Waals surface area contributed by atoms with Gasteiger partial charge in [0.25, 0.3) is 11.8 Å². The van der Waals surface area contributed by atoms with Crippen LogP contribution in [-0.4, -0.2) is 46.6 Å². The summed E-state index contributed by atoms with van der Waals surface area (Å²) in [5.74, 6) is 0.605. The third-order valence-corrected chi connectivity index (χ3v) is 5.24. The molecule has 0 unspecified atom stereocenters. The summed E-state index contributed by atoms with van der Waals surface area (Å²) in [6, 6.07) is 16.7. The van der Waals surface area contributed by atoms with E-state index in [9.17, 15) is 9.59 Å². The second-order valence-electron chi connectivity index (χ2n) is 7.19. The van der Waals surface area contributed by atoms with Crippen LogP contribution in [0.4, 0.5) is 0 Å². The largest absolute Gasteiger partial charge is 0.466 e. The van der Waals surface area contributed by atoms with E-state index in [0.29, 0.717) is 49.8 Å². The summed E-state index contributed by atoms with van der Waals surface area (Å²) < 4.78 is 10.5. The van der Waals surface area contributed by atoms with Crippen molar-refractivity contribution < 1.29 is 18.8 Å². The predicted octanol–water partition coefficient (Wildman–Crippen LogP) is 3.82. The van der Waals surface area contributed by atoms with Gasteiger partial charge in [-0.15, -0.1) is 0 Å². The summed E-state index contributed by atoms with van der Waals surface area (Å²) in [5.41, 5.74) is 2.23. The van der Waals surface area contributed by atoms with Crippen molar-refractivity contribution in [1.29, 1.82) is 0 Å². The number of carbonyl (C=O) groups excluding carboxylic acids is 2. The number of amides is 1. The maximum Gasteiger partial charge on any atom is 0.309 e. The summed E-state index contributed by atoms with van der Waals surface area (Å²) in [7, 11) is 0. The van der Waals surface area contributed by atoms with Gasteiger partial charge in [-0.05, 0) is 44.0 Å². The van der Waals surface area contributed by atoms with Gasteiger partial charge in [-0.1, -0.05) is 35.5 Å². The standard InChI is InChI=1S/C23H23N3O4/c1-2-29-23(28)19-12-14-26(15-13-19)22(27)18-10-8-17(9-11-18)21-24-20(25-30-21)16-6-4-3-5-7-16/h3-11,19H,2,12-15H2,1H3. The van der Waals surface area contributed by atoms with Crippen LogP contribution in [0, 0.1) is 5.92 Å². The number of carbonyl (C=O) groups is 2.